The molecule has 0 N–H and O–H groups in total. The largest absolute Gasteiger partial charge is 1.00 e. The van der Waals surface area contributed by atoms with E-state index < -0.39 is 8.07 Å². The molecule has 0 aliphatic heterocycles. The van der Waals surface area contributed by atoms with Crippen LogP contribution in [0.25, 0.3) is 5.57 Å². The van der Waals surface area contributed by atoms with Crippen LogP contribution in [0.15, 0.2) is 17.7 Å². The van der Waals surface area contributed by atoms with Gasteiger partial charge in [0.15, 0.2) is 0 Å². The van der Waals surface area contributed by atoms with Gasteiger partial charge in [-0.15, -0.1) is 0 Å². The van der Waals surface area contributed by atoms with E-state index in [1.807, 2.05) is 0 Å². The van der Waals surface area contributed by atoms with Crippen LogP contribution in [0.3, 0.4) is 0 Å². The molecule has 1 aromatic rings. The van der Waals surface area contributed by atoms with Crippen LogP contribution in [0.4, 0.5) is 0 Å². The number of halogens is 2. The van der Waals surface area contributed by atoms with Crippen LogP contribution in [0.2, 0.25) is 19.6 Å². The molecule has 0 amide bonds. The van der Waals surface area contributed by atoms with Gasteiger partial charge in [-0.3, -0.25) is 0 Å². The van der Waals surface area contributed by atoms with Crippen LogP contribution in [0, 0.1) is 6.92 Å². The topological polar surface area (TPSA) is 0 Å². The monoisotopic (exact) mass is 403 g/mol. The van der Waals surface area contributed by atoms with Gasteiger partial charge >= 0.3 is 128 Å². The fourth-order valence-corrected chi connectivity index (χ4v) is 5.82. The smallest absolute Gasteiger partial charge is 1.00 e. The molecule has 1 aromatic carbocycles. The summed E-state index contributed by atoms with van der Waals surface area (Å²) >= 11 is 1.64. The molecule has 0 bridgehead atoms. The average molecular weight is 406 g/mol. The minimum atomic E-state index is -1.05. The molecule has 20 heavy (non-hydrogen) atoms. The quantitative estimate of drug-likeness (QED) is 0.544. The summed E-state index contributed by atoms with van der Waals surface area (Å²) in [7, 11) is -1.05. The van der Waals surface area contributed by atoms with Crippen molar-refractivity contribution in [2.45, 2.75) is 50.1 Å². The minimum absolute atomic E-state index is 0. The van der Waals surface area contributed by atoms with Crippen LogP contribution >= 0.6 is 0 Å². The Morgan fingerprint density at radius 3 is 2.10 bits per heavy atom. The second-order valence-corrected chi connectivity index (χ2v) is 13.7. The second-order valence-electron chi connectivity index (χ2n) is 6.81. The Morgan fingerprint density at radius 1 is 1.05 bits per heavy atom. The predicted molar refractivity (Wildman–Crippen MR) is 79.2 cm³/mol. The molecule has 0 heterocycles. The van der Waals surface area contributed by atoms with E-state index in [9.17, 15) is 0 Å². The molecule has 0 saturated heterocycles. The molecule has 2 rings (SSSR count). The van der Waals surface area contributed by atoms with Crippen molar-refractivity contribution in [3.8, 4) is 0 Å². The first kappa shape index (κ1) is 20.6. The molecule has 1 unspecified atom stereocenters. The Balaban J connectivity index is 0.00000180. The fraction of sp³-hybridized carbons (Fsp3) is 0.500. The van der Waals surface area contributed by atoms with E-state index in [1.54, 1.807) is 52.6 Å². The maximum Gasteiger partial charge on any atom is -1.00 e. The van der Waals surface area contributed by atoms with Crippen LogP contribution in [-0.4, -0.2) is 8.07 Å². The standard InChI is InChI=1S/C16H23Si.2ClH.Zr/c1-11-7-8-14(10-17(4,5)6)16-13(3)12(2)9-15(11)16;;;/h7-9H,10H2,1-6H3;2*1H;/q;;;+2/p-2. The number of hydrogen-bond donors (Lipinski definition) is 0. The molecule has 1 atom stereocenters. The zero-order chi connectivity index (χ0) is 13.7. The zero-order valence-electron chi connectivity index (χ0n) is 13.2. The summed E-state index contributed by atoms with van der Waals surface area (Å²) in [4.78, 5) is 0. The van der Waals surface area contributed by atoms with Crippen molar-refractivity contribution < 1.29 is 49.5 Å². The third-order valence-electron chi connectivity index (χ3n) is 3.96. The van der Waals surface area contributed by atoms with Gasteiger partial charge in [-0.25, -0.2) is 0 Å². The van der Waals surface area contributed by atoms with Crippen molar-refractivity contribution in [1.29, 1.82) is 0 Å². The van der Waals surface area contributed by atoms with Gasteiger partial charge in [-0.05, 0) is 0 Å². The molecule has 1 aliphatic rings. The Kier molecular flexibility index (Phi) is 7.50. The minimum Gasteiger partial charge on any atom is -1.00 e. The van der Waals surface area contributed by atoms with Gasteiger partial charge in [0.25, 0.3) is 0 Å². The predicted octanol–water partition coefficient (Wildman–Crippen LogP) is -1.18. The molecule has 0 fully saturated rings. The summed E-state index contributed by atoms with van der Waals surface area (Å²) in [6.07, 6.45) is 0. The van der Waals surface area contributed by atoms with Crippen molar-refractivity contribution in [1.82, 2.24) is 0 Å². The van der Waals surface area contributed by atoms with Gasteiger partial charge in [0.2, 0.25) is 0 Å². The van der Waals surface area contributed by atoms with E-state index in [1.165, 1.54) is 11.6 Å². The van der Waals surface area contributed by atoms with Crippen LogP contribution in [-0.2, 0) is 30.8 Å². The first-order valence-corrected chi connectivity index (χ1v) is 11.9. The maximum atomic E-state index is 2.47. The Labute approximate surface area is 152 Å². The summed E-state index contributed by atoms with van der Waals surface area (Å²) < 4.78 is 0.703. The van der Waals surface area contributed by atoms with Gasteiger partial charge in [0, 0.05) is 0 Å². The van der Waals surface area contributed by atoms with Gasteiger partial charge in [0.1, 0.15) is 0 Å². The summed E-state index contributed by atoms with van der Waals surface area (Å²) in [6, 6.07) is 6.04. The summed E-state index contributed by atoms with van der Waals surface area (Å²) in [5, 5.41) is 0. The van der Waals surface area contributed by atoms with Crippen molar-refractivity contribution in [2.75, 3.05) is 0 Å². The number of aryl methyl sites for hydroxylation is 1. The van der Waals surface area contributed by atoms with Crippen LogP contribution in [0.1, 0.15) is 39.7 Å². The number of benzene rings is 1. The third-order valence-corrected chi connectivity index (χ3v) is 7.17. The summed E-state index contributed by atoms with van der Waals surface area (Å²) in [6.45, 7) is 14.3. The number of rotatable bonds is 2. The van der Waals surface area contributed by atoms with E-state index >= 15 is 0 Å². The molecule has 1 aliphatic carbocycles. The number of allylic oxidation sites excluding steroid dienone is 2. The van der Waals surface area contributed by atoms with Crippen molar-refractivity contribution in [3.63, 3.8) is 0 Å². The Bertz CT molecular complexity index is 530. The van der Waals surface area contributed by atoms with Gasteiger partial charge in [-0.1, -0.05) is 0 Å². The molecular formula is C16H23Cl2SiZr. The SMILES string of the molecule is CC1=C(C)[CH]([Zr+2])c2c(C)ccc(C[Si](C)(C)C)c21.[Cl-].[Cl-]. The Hall–Kier alpha value is 0.640. The Morgan fingerprint density at radius 2 is 1.60 bits per heavy atom. The molecule has 0 nitrogen and oxygen atoms in total. The average Bonchev–Trinajstić information content (AvgIpc) is 2.47. The third kappa shape index (κ3) is 3.88. The molecule has 0 radical (unpaired) electrons. The van der Waals surface area contributed by atoms with Gasteiger partial charge in [0.05, 0.1) is 0 Å². The molecule has 0 aromatic heterocycles. The molecule has 0 saturated carbocycles. The fourth-order valence-electron chi connectivity index (χ4n) is 2.93. The van der Waals surface area contributed by atoms with Crippen molar-refractivity contribution in [2.24, 2.45) is 0 Å². The van der Waals surface area contributed by atoms with E-state index in [0.717, 1.165) is 0 Å². The van der Waals surface area contributed by atoms with E-state index in [-0.39, 0.29) is 24.8 Å². The van der Waals surface area contributed by atoms with Gasteiger partial charge in [-0.2, -0.15) is 0 Å². The molecular weight excluding hydrogens is 382 g/mol. The number of hydrogen-bond acceptors (Lipinski definition) is 0. The van der Waals surface area contributed by atoms with E-state index in [4.69, 9.17) is 0 Å². The van der Waals surface area contributed by atoms with Crippen molar-refractivity contribution >= 4 is 13.6 Å². The second kappa shape index (κ2) is 7.27. The number of fused-ring (bicyclic) bond motifs is 1. The maximum absolute atomic E-state index is 2.47. The first-order chi connectivity index (χ1) is 8.22. The van der Waals surface area contributed by atoms with Crippen LogP contribution in [0.5, 0.6) is 0 Å². The summed E-state index contributed by atoms with van der Waals surface area (Å²) in [5.41, 5.74) is 9.51. The van der Waals surface area contributed by atoms with Crippen molar-refractivity contribution in [3.05, 3.63) is 40.0 Å². The van der Waals surface area contributed by atoms with E-state index in [2.05, 4.69) is 52.5 Å². The normalized spacial score (nSPS) is 17.5. The molecule has 0 spiro atoms. The molecule has 4 heteroatoms. The zero-order valence-corrected chi connectivity index (χ0v) is 18.2. The van der Waals surface area contributed by atoms with Crippen LogP contribution < -0.4 is 24.8 Å². The first-order valence-electron chi connectivity index (χ1n) is 6.73. The summed E-state index contributed by atoms with van der Waals surface area (Å²) in [5.74, 6) is 0. The molecule has 109 valence electrons. The van der Waals surface area contributed by atoms with E-state index in [0.29, 0.717) is 3.63 Å². The van der Waals surface area contributed by atoms with Gasteiger partial charge < -0.3 is 24.8 Å².